The molecule has 30 heavy (non-hydrogen) atoms. The molecule has 0 aliphatic rings. The monoisotopic (exact) mass is 414 g/mol. The van der Waals surface area contributed by atoms with Crippen LogP contribution in [0.1, 0.15) is 33.4 Å². The van der Waals surface area contributed by atoms with Crippen LogP contribution in [0.2, 0.25) is 0 Å². The zero-order chi connectivity index (χ0) is 21.3. The molecule has 152 valence electrons. The zero-order valence-electron chi connectivity index (χ0n) is 17.9. The minimum Gasteiger partial charge on any atom is -0.283 e. The van der Waals surface area contributed by atoms with Gasteiger partial charge in [0.15, 0.2) is 5.13 Å². The SMILES string of the molecule is Cc1cc(C)c(CC(=O)N(Cc2ccccc2)c2nc3c(C)cccc3s2)c(C)c1. The molecule has 0 spiro atoms. The van der Waals surface area contributed by atoms with Crippen LogP contribution in [0.3, 0.4) is 0 Å². The normalized spacial score (nSPS) is 11.1. The van der Waals surface area contributed by atoms with Gasteiger partial charge < -0.3 is 0 Å². The number of carbonyl (C=O) groups excluding carboxylic acids is 1. The second kappa shape index (κ2) is 8.41. The molecule has 0 saturated heterocycles. The zero-order valence-corrected chi connectivity index (χ0v) is 18.7. The van der Waals surface area contributed by atoms with Gasteiger partial charge in [0.1, 0.15) is 0 Å². The average Bonchev–Trinajstić information content (AvgIpc) is 3.15. The van der Waals surface area contributed by atoms with Crippen LogP contribution in [0, 0.1) is 27.7 Å². The number of thiazole rings is 1. The maximum atomic E-state index is 13.6. The third-order valence-corrected chi connectivity index (χ3v) is 6.54. The summed E-state index contributed by atoms with van der Waals surface area (Å²) in [5.41, 5.74) is 7.88. The van der Waals surface area contributed by atoms with Gasteiger partial charge >= 0.3 is 0 Å². The number of benzene rings is 3. The number of aromatic nitrogens is 1. The topological polar surface area (TPSA) is 33.2 Å². The van der Waals surface area contributed by atoms with Gasteiger partial charge in [0.05, 0.1) is 23.2 Å². The Balaban J connectivity index is 1.73. The highest BCUT2D eigenvalue weighted by atomic mass is 32.1. The fourth-order valence-corrected chi connectivity index (χ4v) is 5.01. The van der Waals surface area contributed by atoms with Crippen LogP contribution >= 0.6 is 11.3 Å². The van der Waals surface area contributed by atoms with Crippen molar-refractivity contribution in [3.05, 3.63) is 94.0 Å². The quantitative estimate of drug-likeness (QED) is 0.384. The van der Waals surface area contributed by atoms with Crippen molar-refractivity contribution in [2.45, 2.75) is 40.7 Å². The molecule has 0 radical (unpaired) electrons. The van der Waals surface area contributed by atoms with E-state index in [1.54, 1.807) is 11.3 Å². The van der Waals surface area contributed by atoms with E-state index < -0.39 is 0 Å². The van der Waals surface area contributed by atoms with E-state index in [1.165, 1.54) is 16.7 Å². The molecule has 3 aromatic carbocycles. The fourth-order valence-electron chi connectivity index (χ4n) is 3.95. The van der Waals surface area contributed by atoms with E-state index in [2.05, 4.69) is 64.1 Å². The summed E-state index contributed by atoms with van der Waals surface area (Å²) < 4.78 is 1.11. The molecule has 1 aromatic heterocycles. The van der Waals surface area contributed by atoms with E-state index in [0.29, 0.717) is 13.0 Å². The number of carbonyl (C=O) groups is 1. The van der Waals surface area contributed by atoms with Gasteiger partial charge in [-0.15, -0.1) is 0 Å². The number of fused-ring (bicyclic) bond motifs is 1. The van der Waals surface area contributed by atoms with Gasteiger partial charge in [-0.05, 0) is 61.6 Å². The van der Waals surface area contributed by atoms with E-state index in [4.69, 9.17) is 4.98 Å². The summed E-state index contributed by atoms with van der Waals surface area (Å²) >= 11 is 1.58. The van der Waals surface area contributed by atoms with Crippen LogP contribution in [-0.4, -0.2) is 10.9 Å². The maximum absolute atomic E-state index is 13.6. The number of nitrogens with zero attached hydrogens (tertiary/aromatic N) is 2. The molecule has 3 nitrogen and oxygen atoms in total. The van der Waals surface area contributed by atoms with Crippen LogP contribution in [0.5, 0.6) is 0 Å². The third-order valence-electron chi connectivity index (χ3n) is 5.49. The van der Waals surface area contributed by atoms with E-state index in [9.17, 15) is 4.79 Å². The van der Waals surface area contributed by atoms with Gasteiger partial charge in [-0.25, -0.2) is 4.98 Å². The Labute approximate surface area is 182 Å². The lowest BCUT2D eigenvalue weighted by atomic mass is 9.97. The largest absolute Gasteiger partial charge is 0.283 e. The molecule has 0 atom stereocenters. The predicted octanol–water partition coefficient (Wildman–Crippen LogP) is 6.31. The number of aryl methyl sites for hydroxylation is 4. The van der Waals surface area contributed by atoms with Crippen molar-refractivity contribution < 1.29 is 4.79 Å². The minimum atomic E-state index is 0.0746. The number of hydrogen-bond donors (Lipinski definition) is 0. The highest BCUT2D eigenvalue weighted by Crippen LogP contribution is 2.32. The number of amides is 1. The van der Waals surface area contributed by atoms with Crippen molar-refractivity contribution in [3.63, 3.8) is 0 Å². The number of anilines is 1. The summed E-state index contributed by atoms with van der Waals surface area (Å²) in [6.45, 7) is 8.85. The Hall–Kier alpha value is -2.98. The van der Waals surface area contributed by atoms with Crippen molar-refractivity contribution in [2.24, 2.45) is 0 Å². The van der Waals surface area contributed by atoms with Crippen molar-refractivity contribution >= 4 is 32.6 Å². The van der Waals surface area contributed by atoms with Crippen LogP contribution in [0.25, 0.3) is 10.2 Å². The summed E-state index contributed by atoms with van der Waals surface area (Å²) in [6.07, 6.45) is 0.375. The molecular weight excluding hydrogens is 388 g/mol. The summed E-state index contributed by atoms with van der Waals surface area (Å²) in [6, 6.07) is 20.6. The molecule has 1 amide bonds. The highest BCUT2D eigenvalue weighted by Gasteiger charge is 2.22. The molecule has 0 saturated carbocycles. The summed E-state index contributed by atoms with van der Waals surface area (Å²) in [5, 5.41) is 0.760. The first-order valence-electron chi connectivity index (χ1n) is 10.2. The van der Waals surface area contributed by atoms with Crippen LogP contribution in [-0.2, 0) is 17.8 Å². The maximum Gasteiger partial charge on any atom is 0.233 e. The average molecular weight is 415 g/mol. The lowest BCUT2D eigenvalue weighted by Crippen LogP contribution is -2.32. The van der Waals surface area contributed by atoms with Gasteiger partial charge in [-0.1, -0.05) is 71.5 Å². The predicted molar refractivity (Wildman–Crippen MR) is 126 cm³/mol. The van der Waals surface area contributed by atoms with E-state index in [0.717, 1.165) is 32.0 Å². The molecule has 4 rings (SSSR count). The van der Waals surface area contributed by atoms with Crippen molar-refractivity contribution in [2.75, 3.05) is 4.90 Å². The van der Waals surface area contributed by atoms with Crippen molar-refractivity contribution in [3.8, 4) is 0 Å². The first kappa shape index (κ1) is 20.3. The van der Waals surface area contributed by atoms with Crippen LogP contribution in [0.4, 0.5) is 5.13 Å². The Kier molecular flexibility index (Phi) is 5.69. The third kappa shape index (κ3) is 4.14. The van der Waals surface area contributed by atoms with Gasteiger partial charge in [0.2, 0.25) is 5.91 Å². The second-order valence-corrected chi connectivity index (χ2v) is 8.95. The van der Waals surface area contributed by atoms with Crippen LogP contribution < -0.4 is 4.90 Å². The van der Waals surface area contributed by atoms with Gasteiger partial charge in [-0.3, -0.25) is 9.69 Å². The molecule has 0 N–H and O–H groups in total. The first-order chi connectivity index (χ1) is 14.4. The van der Waals surface area contributed by atoms with Gasteiger partial charge in [-0.2, -0.15) is 0 Å². The molecule has 0 aliphatic carbocycles. The Bertz CT molecular complexity index is 1190. The molecule has 4 heteroatoms. The molecule has 0 fully saturated rings. The molecule has 1 heterocycles. The summed E-state index contributed by atoms with van der Waals surface area (Å²) in [5.74, 6) is 0.0746. The molecular formula is C26H26N2OS. The van der Waals surface area contributed by atoms with Crippen molar-refractivity contribution in [1.29, 1.82) is 0 Å². The standard InChI is InChI=1S/C26H26N2OS/c1-17-13-19(3)22(20(4)14-17)15-24(29)28(16-21-10-6-5-7-11-21)26-27-25-18(2)9-8-12-23(25)30-26/h5-14H,15-16H2,1-4H3. The van der Waals surface area contributed by atoms with E-state index >= 15 is 0 Å². The lowest BCUT2D eigenvalue weighted by molar-refractivity contribution is -0.118. The summed E-state index contributed by atoms with van der Waals surface area (Å²) in [4.78, 5) is 20.3. The van der Waals surface area contributed by atoms with Gasteiger partial charge in [0.25, 0.3) is 0 Å². The highest BCUT2D eigenvalue weighted by molar-refractivity contribution is 7.22. The number of para-hydroxylation sites is 1. The van der Waals surface area contributed by atoms with Gasteiger partial charge in [0, 0.05) is 0 Å². The number of rotatable bonds is 5. The second-order valence-electron chi connectivity index (χ2n) is 7.94. The Morgan fingerprint density at radius 1 is 0.900 bits per heavy atom. The van der Waals surface area contributed by atoms with Crippen molar-refractivity contribution in [1.82, 2.24) is 4.98 Å². The Morgan fingerprint density at radius 3 is 2.27 bits per heavy atom. The smallest absolute Gasteiger partial charge is 0.233 e. The molecule has 0 bridgehead atoms. The fraction of sp³-hybridized carbons (Fsp3) is 0.231. The lowest BCUT2D eigenvalue weighted by Gasteiger charge is -2.21. The van der Waals surface area contributed by atoms with Crippen LogP contribution in [0.15, 0.2) is 60.7 Å². The molecule has 4 aromatic rings. The Morgan fingerprint density at radius 2 is 1.60 bits per heavy atom. The minimum absolute atomic E-state index is 0.0746. The molecule has 0 unspecified atom stereocenters. The summed E-state index contributed by atoms with van der Waals surface area (Å²) in [7, 11) is 0. The number of hydrogen-bond acceptors (Lipinski definition) is 3. The molecule has 0 aliphatic heterocycles. The van der Waals surface area contributed by atoms with E-state index in [1.807, 2.05) is 29.2 Å². The van der Waals surface area contributed by atoms with E-state index in [-0.39, 0.29) is 5.91 Å². The first-order valence-corrected chi connectivity index (χ1v) is 11.0.